The number of carboxylic acids is 1. The fourth-order valence-corrected chi connectivity index (χ4v) is 2.24. The zero-order chi connectivity index (χ0) is 13.4. The van der Waals surface area contributed by atoms with Gasteiger partial charge in [-0.3, -0.25) is 9.59 Å². The summed E-state index contributed by atoms with van der Waals surface area (Å²) in [5, 5.41) is 9.39. The van der Waals surface area contributed by atoms with Crippen molar-refractivity contribution in [2.45, 2.75) is 6.42 Å². The number of benzene rings is 1. The van der Waals surface area contributed by atoms with Crippen LogP contribution in [0.15, 0.2) is 16.6 Å². The van der Waals surface area contributed by atoms with Gasteiger partial charge in [-0.15, -0.1) is 0 Å². The van der Waals surface area contributed by atoms with Gasteiger partial charge in [-0.05, 0) is 28.1 Å². The van der Waals surface area contributed by atoms with Crippen LogP contribution in [0.3, 0.4) is 0 Å². The Bertz CT molecular complexity index is 572. The van der Waals surface area contributed by atoms with Crippen LogP contribution in [0.5, 0.6) is 0 Å². The van der Waals surface area contributed by atoms with Crippen LogP contribution in [0.4, 0.5) is 5.69 Å². The van der Waals surface area contributed by atoms with Gasteiger partial charge in [0.2, 0.25) is 5.91 Å². The number of rotatable bonds is 2. The highest BCUT2D eigenvalue weighted by molar-refractivity contribution is 9.10. The van der Waals surface area contributed by atoms with Crippen LogP contribution in [-0.4, -0.2) is 29.3 Å². The molecule has 0 aliphatic carbocycles. The van der Waals surface area contributed by atoms with Crippen molar-refractivity contribution in [3.8, 4) is 0 Å². The molecule has 1 N–H and O–H groups in total. The summed E-state index contributed by atoms with van der Waals surface area (Å²) in [4.78, 5) is 35.1. The zero-order valence-corrected chi connectivity index (χ0v) is 11.3. The molecule has 7 heteroatoms. The lowest BCUT2D eigenvalue weighted by Gasteiger charge is -2.18. The number of Topliss-reactive ketones (excluding diaryl/α,β-unsaturated/α-hetero) is 1. The van der Waals surface area contributed by atoms with Gasteiger partial charge < -0.3 is 10.0 Å². The lowest BCUT2D eigenvalue weighted by molar-refractivity contribution is -0.121. The fraction of sp³-hybridized carbons (Fsp3) is 0.182. The lowest BCUT2D eigenvalue weighted by atomic mass is 10.1. The number of hydrogen-bond acceptors (Lipinski definition) is 3. The van der Waals surface area contributed by atoms with E-state index in [1.54, 1.807) is 0 Å². The number of amides is 1. The van der Waals surface area contributed by atoms with Gasteiger partial charge in [0.05, 0.1) is 29.2 Å². The molecule has 1 fully saturated rings. The Morgan fingerprint density at radius 3 is 2.56 bits per heavy atom. The van der Waals surface area contributed by atoms with Crippen molar-refractivity contribution >= 4 is 50.9 Å². The van der Waals surface area contributed by atoms with Crippen LogP contribution in [0.1, 0.15) is 16.8 Å². The molecule has 1 heterocycles. The van der Waals surface area contributed by atoms with Gasteiger partial charge in [-0.1, -0.05) is 11.6 Å². The maximum absolute atomic E-state index is 11.6. The molecule has 0 spiro atoms. The van der Waals surface area contributed by atoms with E-state index in [0.717, 1.165) is 4.90 Å². The Labute approximate surface area is 115 Å². The summed E-state index contributed by atoms with van der Waals surface area (Å²) >= 11 is 9.01. The third-order valence-corrected chi connectivity index (χ3v) is 3.74. The summed E-state index contributed by atoms with van der Waals surface area (Å²) in [7, 11) is 0. The van der Waals surface area contributed by atoms with Crippen LogP contribution in [-0.2, 0) is 9.59 Å². The summed E-state index contributed by atoms with van der Waals surface area (Å²) in [6.07, 6.45) is -0.202. The van der Waals surface area contributed by atoms with Crippen molar-refractivity contribution < 1.29 is 19.5 Å². The van der Waals surface area contributed by atoms with Gasteiger partial charge in [-0.2, -0.15) is 0 Å². The minimum Gasteiger partial charge on any atom is -0.478 e. The van der Waals surface area contributed by atoms with E-state index in [9.17, 15) is 14.4 Å². The van der Waals surface area contributed by atoms with Crippen LogP contribution in [0, 0.1) is 0 Å². The lowest BCUT2D eigenvalue weighted by Crippen LogP contribution is -2.26. The molecule has 5 nitrogen and oxygen atoms in total. The quantitative estimate of drug-likeness (QED) is 0.842. The molecule has 94 valence electrons. The third kappa shape index (κ3) is 2.26. The molecule has 0 atom stereocenters. The number of carbonyl (C=O) groups is 3. The number of aromatic carboxylic acids is 1. The number of ketones is 1. The van der Waals surface area contributed by atoms with E-state index < -0.39 is 11.9 Å². The van der Waals surface area contributed by atoms with Gasteiger partial charge in [0.15, 0.2) is 5.78 Å². The summed E-state index contributed by atoms with van der Waals surface area (Å²) < 4.78 is 0.420. The van der Waals surface area contributed by atoms with Gasteiger partial charge in [0.1, 0.15) is 0 Å². The second-order valence-corrected chi connectivity index (χ2v) is 5.05. The molecule has 0 aromatic heterocycles. The Balaban J connectivity index is 2.56. The molecule has 18 heavy (non-hydrogen) atoms. The maximum Gasteiger partial charge on any atom is 0.337 e. The monoisotopic (exact) mass is 331 g/mol. The first-order valence-corrected chi connectivity index (χ1v) is 6.11. The van der Waals surface area contributed by atoms with E-state index >= 15 is 0 Å². The average molecular weight is 333 g/mol. The molecular formula is C11H7BrClNO4. The van der Waals surface area contributed by atoms with Crippen molar-refractivity contribution in [2.75, 3.05) is 11.4 Å². The van der Waals surface area contributed by atoms with Crippen LogP contribution >= 0.6 is 27.5 Å². The highest BCUT2D eigenvalue weighted by atomic mass is 79.9. The Hall–Kier alpha value is -1.40. The van der Waals surface area contributed by atoms with E-state index in [1.807, 2.05) is 0 Å². The Morgan fingerprint density at radius 1 is 1.39 bits per heavy atom. The van der Waals surface area contributed by atoms with Gasteiger partial charge in [0.25, 0.3) is 0 Å². The number of halogens is 2. The normalized spacial score (nSPS) is 15.3. The average Bonchev–Trinajstić information content (AvgIpc) is 2.61. The molecule has 1 aliphatic heterocycles. The first kappa shape index (κ1) is 13.0. The summed E-state index contributed by atoms with van der Waals surface area (Å²) in [6, 6.07) is 2.68. The molecule has 0 bridgehead atoms. The van der Waals surface area contributed by atoms with Crippen LogP contribution in [0.2, 0.25) is 5.02 Å². The van der Waals surface area contributed by atoms with E-state index in [0.29, 0.717) is 4.47 Å². The highest BCUT2D eigenvalue weighted by Gasteiger charge is 2.31. The molecule has 1 amide bonds. The summed E-state index contributed by atoms with van der Waals surface area (Å²) in [6.45, 7) is -0.114. The van der Waals surface area contributed by atoms with E-state index in [2.05, 4.69) is 15.9 Å². The second kappa shape index (κ2) is 4.70. The van der Waals surface area contributed by atoms with Crippen molar-refractivity contribution in [2.24, 2.45) is 0 Å². The Morgan fingerprint density at radius 2 is 2.06 bits per heavy atom. The minimum absolute atomic E-state index is 0.0747. The topological polar surface area (TPSA) is 74.7 Å². The summed E-state index contributed by atoms with van der Waals surface area (Å²) in [5.74, 6) is -1.84. The van der Waals surface area contributed by atoms with Gasteiger partial charge in [0, 0.05) is 4.47 Å². The van der Waals surface area contributed by atoms with Crippen molar-refractivity contribution in [3.05, 3.63) is 27.2 Å². The molecular weight excluding hydrogens is 325 g/mol. The molecule has 1 aliphatic rings. The predicted octanol–water partition coefficient (Wildman–Crippen LogP) is 2.11. The van der Waals surface area contributed by atoms with Crippen molar-refractivity contribution in [3.63, 3.8) is 0 Å². The predicted molar refractivity (Wildman–Crippen MR) is 68.1 cm³/mol. The number of hydrogen-bond donors (Lipinski definition) is 1. The second-order valence-electron chi connectivity index (χ2n) is 3.78. The van der Waals surface area contributed by atoms with E-state index in [1.165, 1.54) is 12.1 Å². The first-order valence-electron chi connectivity index (χ1n) is 4.94. The molecule has 0 radical (unpaired) electrons. The number of carbonyl (C=O) groups excluding carboxylic acids is 2. The van der Waals surface area contributed by atoms with Gasteiger partial charge in [-0.25, -0.2) is 4.79 Å². The number of carboxylic acid groups (broad SMARTS) is 1. The van der Waals surface area contributed by atoms with Gasteiger partial charge >= 0.3 is 5.97 Å². The minimum atomic E-state index is -1.19. The SMILES string of the molecule is O=C1CC(=O)N(c2cc(Cl)c(Br)cc2C(=O)O)C1. The highest BCUT2D eigenvalue weighted by Crippen LogP contribution is 2.33. The molecule has 0 saturated carbocycles. The van der Waals surface area contributed by atoms with E-state index in [-0.39, 0.29) is 35.0 Å². The van der Waals surface area contributed by atoms with Crippen LogP contribution < -0.4 is 4.90 Å². The third-order valence-electron chi connectivity index (χ3n) is 2.54. The standard InChI is InChI=1S/C11H7BrClNO4/c12-7-2-6(11(17)18)9(3-8(7)13)14-4-5(15)1-10(14)16/h2-3H,1,4H2,(H,17,18). The largest absolute Gasteiger partial charge is 0.478 e. The fourth-order valence-electron chi connectivity index (χ4n) is 1.74. The summed E-state index contributed by atoms with van der Waals surface area (Å²) in [5.41, 5.74) is 0.0703. The molecule has 2 rings (SSSR count). The van der Waals surface area contributed by atoms with Crippen molar-refractivity contribution in [1.29, 1.82) is 0 Å². The zero-order valence-electron chi connectivity index (χ0n) is 8.94. The van der Waals surface area contributed by atoms with E-state index in [4.69, 9.17) is 16.7 Å². The number of anilines is 1. The van der Waals surface area contributed by atoms with Crippen LogP contribution in [0.25, 0.3) is 0 Å². The maximum atomic E-state index is 11.6. The smallest absolute Gasteiger partial charge is 0.337 e. The molecule has 1 aromatic rings. The molecule has 0 unspecified atom stereocenters. The number of nitrogens with zero attached hydrogens (tertiary/aromatic N) is 1. The molecule has 1 aromatic carbocycles. The Kier molecular flexibility index (Phi) is 3.41. The molecule has 1 saturated heterocycles. The van der Waals surface area contributed by atoms with Crippen molar-refractivity contribution in [1.82, 2.24) is 0 Å². The first-order chi connectivity index (χ1) is 8.40.